The number of hydrogen-bond donors (Lipinski definition) is 1. The predicted octanol–water partition coefficient (Wildman–Crippen LogP) is 6.94. The standard InChI is InChI=1S/C31H29ClN4O5S2/c1-18(2)12-15-41-23-9-6-21(16-24(23)40-3)26-25(27(37)20-10-13-33-14-11-20)28(38)29(39)36(26)30-34-35-31(43-30)42-17-19-4-7-22(32)8-5-19/h4-11,13-14,16,18,26,37H,12,15,17H2,1-3H3/b27-25+. The van der Waals surface area contributed by atoms with Gasteiger partial charge in [-0.15, -0.1) is 10.2 Å². The van der Waals surface area contributed by atoms with Crippen molar-refractivity contribution in [2.24, 2.45) is 5.92 Å². The van der Waals surface area contributed by atoms with Crippen LogP contribution in [0.3, 0.4) is 0 Å². The van der Waals surface area contributed by atoms with Crippen LogP contribution in [0.15, 0.2) is 76.9 Å². The zero-order chi connectivity index (χ0) is 30.5. The quantitative estimate of drug-likeness (QED) is 0.0614. The van der Waals surface area contributed by atoms with Crippen molar-refractivity contribution in [3.8, 4) is 11.5 Å². The lowest BCUT2D eigenvalue weighted by Gasteiger charge is -2.23. The molecule has 1 atom stereocenters. The van der Waals surface area contributed by atoms with Crippen molar-refractivity contribution in [1.29, 1.82) is 0 Å². The average molecular weight is 637 g/mol. The maximum atomic E-state index is 13.6. The highest BCUT2D eigenvalue weighted by Crippen LogP contribution is 2.45. The van der Waals surface area contributed by atoms with E-state index in [0.29, 0.717) is 50.3 Å². The lowest BCUT2D eigenvalue weighted by molar-refractivity contribution is -0.132. The molecule has 9 nitrogen and oxygen atoms in total. The molecule has 222 valence electrons. The molecule has 12 heteroatoms. The Kier molecular flexibility index (Phi) is 9.64. The number of benzene rings is 2. The van der Waals surface area contributed by atoms with E-state index >= 15 is 0 Å². The summed E-state index contributed by atoms with van der Waals surface area (Å²) in [4.78, 5) is 32.4. The molecule has 1 unspecified atom stereocenters. The van der Waals surface area contributed by atoms with E-state index in [1.807, 2.05) is 24.3 Å². The molecule has 5 rings (SSSR count). The van der Waals surface area contributed by atoms with Gasteiger partial charge in [0.25, 0.3) is 5.78 Å². The molecule has 1 aliphatic heterocycles. The fourth-order valence-electron chi connectivity index (χ4n) is 4.47. The largest absolute Gasteiger partial charge is 0.507 e. The molecule has 2 aromatic carbocycles. The van der Waals surface area contributed by atoms with Crippen LogP contribution in [0.4, 0.5) is 5.13 Å². The second-order valence-electron chi connectivity index (χ2n) is 10.1. The lowest BCUT2D eigenvalue weighted by atomic mass is 9.95. The summed E-state index contributed by atoms with van der Waals surface area (Å²) in [5.74, 6) is 0.0991. The molecule has 4 aromatic rings. The molecule has 1 amide bonds. The number of ether oxygens (including phenoxy) is 2. The lowest BCUT2D eigenvalue weighted by Crippen LogP contribution is -2.29. The number of aliphatic hydroxyl groups excluding tert-OH is 1. The van der Waals surface area contributed by atoms with Crippen LogP contribution in [0.1, 0.15) is 43.0 Å². The Balaban J connectivity index is 1.53. The number of hydrogen-bond acceptors (Lipinski definition) is 10. The Hall–Kier alpha value is -3.93. The molecule has 43 heavy (non-hydrogen) atoms. The highest BCUT2D eigenvalue weighted by molar-refractivity contribution is 8.00. The Morgan fingerprint density at radius 3 is 2.51 bits per heavy atom. The van der Waals surface area contributed by atoms with Gasteiger partial charge in [-0.25, -0.2) is 0 Å². The van der Waals surface area contributed by atoms with Gasteiger partial charge in [0.05, 0.1) is 25.3 Å². The summed E-state index contributed by atoms with van der Waals surface area (Å²) in [7, 11) is 1.53. The molecule has 1 aliphatic rings. The fourth-order valence-corrected chi connectivity index (χ4v) is 6.42. The number of carbonyl (C=O) groups is 2. The van der Waals surface area contributed by atoms with E-state index in [4.69, 9.17) is 21.1 Å². The van der Waals surface area contributed by atoms with Gasteiger partial charge in [-0.1, -0.05) is 66.7 Å². The van der Waals surface area contributed by atoms with E-state index in [9.17, 15) is 14.7 Å². The van der Waals surface area contributed by atoms with Gasteiger partial charge in [0.1, 0.15) is 5.76 Å². The highest BCUT2D eigenvalue weighted by atomic mass is 35.5. The summed E-state index contributed by atoms with van der Waals surface area (Å²) < 4.78 is 12.2. The molecule has 1 N–H and O–H groups in total. The first-order chi connectivity index (χ1) is 20.8. The maximum absolute atomic E-state index is 13.6. The Morgan fingerprint density at radius 1 is 1.07 bits per heavy atom. The second kappa shape index (κ2) is 13.6. The average Bonchev–Trinajstić information content (AvgIpc) is 3.58. The first-order valence-corrected chi connectivity index (χ1v) is 15.7. The van der Waals surface area contributed by atoms with E-state index in [-0.39, 0.29) is 16.5 Å². The zero-order valence-electron chi connectivity index (χ0n) is 23.7. The number of halogens is 1. The van der Waals surface area contributed by atoms with Crippen molar-refractivity contribution >= 4 is 57.3 Å². The summed E-state index contributed by atoms with van der Waals surface area (Å²) in [5, 5.41) is 20.8. The molecule has 0 saturated carbocycles. The Bertz CT molecular complexity index is 1640. The number of thioether (sulfide) groups is 1. The number of Topliss-reactive ketones (excluding diaryl/α,β-unsaturated/α-hetero) is 1. The second-order valence-corrected chi connectivity index (χ2v) is 12.7. The Labute approximate surface area is 262 Å². The van der Waals surface area contributed by atoms with Gasteiger partial charge in [0.15, 0.2) is 15.8 Å². The zero-order valence-corrected chi connectivity index (χ0v) is 26.1. The molecule has 0 spiro atoms. The monoisotopic (exact) mass is 636 g/mol. The van der Waals surface area contributed by atoms with E-state index in [0.717, 1.165) is 12.0 Å². The van der Waals surface area contributed by atoms with Crippen molar-refractivity contribution < 1.29 is 24.2 Å². The number of pyridine rings is 1. The molecular weight excluding hydrogens is 608 g/mol. The molecule has 2 aromatic heterocycles. The van der Waals surface area contributed by atoms with Crippen molar-refractivity contribution in [1.82, 2.24) is 15.2 Å². The number of nitrogens with zero attached hydrogens (tertiary/aromatic N) is 4. The van der Waals surface area contributed by atoms with Crippen LogP contribution in [0.25, 0.3) is 5.76 Å². The number of carbonyl (C=O) groups excluding carboxylic acids is 2. The van der Waals surface area contributed by atoms with E-state index < -0.39 is 17.7 Å². The first-order valence-electron chi connectivity index (χ1n) is 13.5. The minimum atomic E-state index is -0.992. The third-order valence-corrected chi connectivity index (χ3v) is 9.11. The number of aliphatic hydroxyl groups is 1. The number of ketones is 1. The minimum Gasteiger partial charge on any atom is -0.507 e. The fraction of sp³-hybridized carbons (Fsp3) is 0.258. The predicted molar refractivity (Wildman–Crippen MR) is 168 cm³/mol. The molecule has 0 radical (unpaired) electrons. The van der Waals surface area contributed by atoms with Crippen LogP contribution in [0.5, 0.6) is 11.5 Å². The van der Waals surface area contributed by atoms with Gasteiger partial charge in [0, 0.05) is 28.7 Å². The number of anilines is 1. The van der Waals surface area contributed by atoms with Crippen LogP contribution >= 0.6 is 34.7 Å². The third-order valence-electron chi connectivity index (χ3n) is 6.73. The van der Waals surface area contributed by atoms with Crippen molar-refractivity contribution in [2.75, 3.05) is 18.6 Å². The van der Waals surface area contributed by atoms with Crippen molar-refractivity contribution in [3.63, 3.8) is 0 Å². The van der Waals surface area contributed by atoms with Gasteiger partial charge in [-0.3, -0.25) is 19.5 Å². The van der Waals surface area contributed by atoms with Crippen molar-refractivity contribution in [2.45, 2.75) is 36.4 Å². The molecule has 0 aliphatic carbocycles. The van der Waals surface area contributed by atoms with Gasteiger partial charge in [0.2, 0.25) is 5.13 Å². The first kappa shape index (κ1) is 30.5. The molecule has 3 heterocycles. The highest BCUT2D eigenvalue weighted by Gasteiger charge is 2.48. The number of rotatable bonds is 11. The maximum Gasteiger partial charge on any atom is 0.301 e. The molecular formula is C31H29ClN4O5S2. The van der Waals surface area contributed by atoms with Gasteiger partial charge < -0.3 is 14.6 Å². The summed E-state index contributed by atoms with van der Waals surface area (Å²) in [6, 6.07) is 14.9. The molecule has 0 bridgehead atoms. The van der Waals surface area contributed by atoms with E-state index in [2.05, 4.69) is 29.0 Å². The van der Waals surface area contributed by atoms with Crippen LogP contribution in [0, 0.1) is 5.92 Å². The van der Waals surface area contributed by atoms with Crippen LogP contribution < -0.4 is 14.4 Å². The van der Waals surface area contributed by atoms with E-state index in [1.54, 1.807) is 30.3 Å². The number of methoxy groups -OCH3 is 1. The molecule has 1 fully saturated rings. The topological polar surface area (TPSA) is 115 Å². The van der Waals surface area contributed by atoms with Gasteiger partial charge >= 0.3 is 5.91 Å². The van der Waals surface area contributed by atoms with Crippen molar-refractivity contribution in [3.05, 3.63) is 94.3 Å². The number of amides is 1. The summed E-state index contributed by atoms with van der Waals surface area (Å²) in [6.07, 6.45) is 3.87. The Morgan fingerprint density at radius 2 is 1.81 bits per heavy atom. The third kappa shape index (κ3) is 6.84. The number of aromatic nitrogens is 3. The minimum absolute atomic E-state index is 0.0719. The van der Waals surface area contributed by atoms with Crippen LogP contribution in [-0.2, 0) is 15.3 Å². The summed E-state index contributed by atoms with van der Waals surface area (Å²) in [5.41, 5.74) is 1.87. The summed E-state index contributed by atoms with van der Waals surface area (Å²) in [6.45, 7) is 4.74. The smallest absolute Gasteiger partial charge is 0.301 e. The van der Waals surface area contributed by atoms with Gasteiger partial charge in [-0.05, 0) is 59.9 Å². The van der Waals surface area contributed by atoms with Gasteiger partial charge in [-0.2, -0.15) is 0 Å². The van der Waals surface area contributed by atoms with Crippen LogP contribution in [-0.4, -0.2) is 45.7 Å². The SMILES string of the molecule is COc1cc(C2/C(=C(\O)c3ccncc3)C(=O)C(=O)N2c2nnc(SCc3ccc(Cl)cc3)s2)ccc1OCCC(C)C. The van der Waals surface area contributed by atoms with E-state index in [1.165, 1.54) is 47.5 Å². The van der Waals surface area contributed by atoms with Crippen LogP contribution in [0.2, 0.25) is 5.02 Å². The normalized spacial score (nSPS) is 16.2. The molecule has 1 saturated heterocycles. The summed E-state index contributed by atoms with van der Waals surface area (Å²) >= 11 is 8.64.